The summed E-state index contributed by atoms with van der Waals surface area (Å²) in [5.41, 5.74) is 0. The van der Waals surface area contributed by atoms with Crippen LogP contribution in [0.4, 0.5) is 0 Å². The SMILES string of the molecule is CC(C)C(=O)NC1CCC(CC2CCCCC2)CC1. The van der Waals surface area contributed by atoms with Crippen LogP contribution in [0.15, 0.2) is 0 Å². The molecule has 2 fully saturated rings. The Labute approximate surface area is 118 Å². The highest BCUT2D eigenvalue weighted by Gasteiger charge is 2.25. The van der Waals surface area contributed by atoms with E-state index in [1.165, 1.54) is 64.2 Å². The third-order valence-corrected chi connectivity index (χ3v) is 5.11. The Morgan fingerprint density at radius 1 is 0.947 bits per heavy atom. The van der Waals surface area contributed by atoms with E-state index in [4.69, 9.17) is 0 Å². The van der Waals surface area contributed by atoms with Gasteiger partial charge in [0.15, 0.2) is 0 Å². The molecule has 0 unspecified atom stereocenters. The van der Waals surface area contributed by atoms with Gasteiger partial charge in [-0.25, -0.2) is 0 Å². The van der Waals surface area contributed by atoms with Crippen molar-refractivity contribution in [3.63, 3.8) is 0 Å². The van der Waals surface area contributed by atoms with E-state index in [0.29, 0.717) is 6.04 Å². The molecule has 1 amide bonds. The van der Waals surface area contributed by atoms with Crippen molar-refractivity contribution in [2.45, 2.75) is 84.1 Å². The van der Waals surface area contributed by atoms with E-state index >= 15 is 0 Å². The first-order chi connectivity index (χ1) is 9.15. The maximum absolute atomic E-state index is 11.7. The van der Waals surface area contributed by atoms with Gasteiger partial charge in [-0.3, -0.25) is 4.79 Å². The predicted molar refractivity (Wildman–Crippen MR) is 79.9 cm³/mol. The molecular formula is C17H31NO. The lowest BCUT2D eigenvalue weighted by Crippen LogP contribution is -2.39. The summed E-state index contributed by atoms with van der Waals surface area (Å²) in [5, 5.41) is 3.20. The zero-order valence-corrected chi connectivity index (χ0v) is 12.8. The highest BCUT2D eigenvalue weighted by atomic mass is 16.1. The lowest BCUT2D eigenvalue weighted by molar-refractivity contribution is -0.125. The molecule has 2 aliphatic carbocycles. The largest absolute Gasteiger partial charge is 0.353 e. The minimum atomic E-state index is 0.125. The average Bonchev–Trinajstić information content (AvgIpc) is 2.42. The first kappa shape index (κ1) is 14.9. The van der Waals surface area contributed by atoms with Gasteiger partial charge in [0, 0.05) is 12.0 Å². The number of hydrogen-bond acceptors (Lipinski definition) is 1. The zero-order chi connectivity index (χ0) is 13.7. The monoisotopic (exact) mass is 265 g/mol. The Morgan fingerprint density at radius 2 is 1.53 bits per heavy atom. The molecule has 0 spiro atoms. The van der Waals surface area contributed by atoms with Gasteiger partial charge in [-0.05, 0) is 43.9 Å². The lowest BCUT2D eigenvalue weighted by Gasteiger charge is -2.32. The van der Waals surface area contributed by atoms with Crippen molar-refractivity contribution in [3.8, 4) is 0 Å². The van der Waals surface area contributed by atoms with E-state index in [1.54, 1.807) is 0 Å². The summed E-state index contributed by atoms with van der Waals surface area (Å²) < 4.78 is 0. The highest BCUT2D eigenvalue weighted by Crippen LogP contribution is 2.35. The third-order valence-electron chi connectivity index (χ3n) is 5.11. The molecule has 0 atom stereocenters. The smallest absolute Gasteiger partial charge is 0.222 e. The summed E-state index contributed by atoms with van der Waals surface area (Å²) in [7, 11) is 0. The molecule has 0 aromatic carbocycles. The minimum absolute atomic E-state index is 0.125. The fraction of sp³-hybridized carbons (Fsp3) is 0.941. The fourth-order valence-electron chi connectivity index (χ4n) is 3.80. The van der Waals surface area contributed by atoms with Crippen LogP contribution in [-0.4, -0.2) is 11.9 Å². The van der Waals surface area contributed by atoms with Crippen LogP contribution in [-0.2, 0) is 4.79 Å². The first-order valence-corrected chi connectivity index (χ1v) is 8.45. The molecule has 0 heterocycles. The Bertz CT molecular complexity index is 273. The third kappa shape index (κ3) is 4.81. The van der Waals surface area contributed by atoms with Gasteiger partial charge in [0.25, 0.3) is 0 Å². The molecule has 0 aliphatic heterocycles. The summed E-state index contributed by atoms with van der Waals surface area (Å²) in [6.07, 6.45) is 13.9. The van der Waals surface area contributed by atoms with Crippen molar-refractivity contribution in [2.24, 2.45) is 17.8 Å². The van der Waals surface area contributed by atoms with Crippen molar-refractivity contribution >= 4 is 5.91 Å². The molecule has 19 heavy (non-hydrogen) atoms. The molecule has 2 rings (SSSR count). The number of rotatable bonds is 4. The van der Waals surface area contributed by atoms with Crippen molar-refractivity contribution in [2.75, 3.05) is 0 Å². The van der Waals surface area contributed by atoms with Crippen molar-refractivity contribution in [3.05, 3.63) is 0 Å². The molecule has 110 valence electrons. The van der Waals surface area contributed by atoms with Gasteiger partial charge >= 0.3 is 0 Å². The molecule has 2 heteroatoms. The van der Waals surface area contributed by atoms with Crippen LogP contribution in [0.2, 0.25) is 0 Å². The van der Waals surface area contributed by atoms with Crippen LogP contribution >= 0.6 is 0 Å². The quantitative estimate of drug-likeness (QED) is 0.807. The summed E-state index contributed by atoms with van der Waals surface area (Å²) in [4.78, 5) is 11.7. The Morgan fingerprint density at radius 3 is 2.11 bits per heavy atom. The topological polar surface area (TPSA) is 29.1 Å². The number of carbonyl (C=O) groups excluding carboxylic acids is 1. The van der Waals surface area contributed by atoms with Crippen molar-refractivity contribution in [1.29, 1.82) is 0 Å². The van der Waals surface area contributed by atoms with Crippen molar-refractivity contribution in [1.82, 2.24) is 5.32 Å². The first-order valence-electron chi connectivity index (χ1n) is 8.45. The van der Waals surface area contributed by atoms with E-state index in [-0.39, 0.29) is 11.8 Å². The van der Waals surface area contributed by atoms with E-state index < -0.39 is 0 Å². The van der Waals surface area contributed by atoms with Crippen LogP contribution in [0.5, 0.6) is 0 Å². The molecule has 2 saturated carbocycles. The van der Waals surface area contributed by atoms with E-state index in [0.717, 1.165) is 11.8 Å². The Balaban J connectivity index is 1.65. The molecule has 0 aromatic rings. The van der Waals surface area contributed by atoms with Crippen molar-refractivity contribution < 1.29 is 4.79 Å². The molecule has 1 N–H and O–H groups in total. The molecule has 0 saturated heterocycles. The number of nitrogens with one attached hydrogen (secondary N) is 1. The zero-order valence-electron chi connectivity index (χ0n) is 12.8. The standard InChI is InChI=1S/C17H31NO/c1-13(2)17(19)18-16-10-8-15(9-11-16)12-14-6-4-3-5-7-14/h13-16H,3-12H2,1-2H3,(H,18,19). The van der Waals surface area contributed by atoms with Crippen LogP contribution < -0.4 is 5.32 Å². The number of amides is 1. The highest BCUT2D eigenvalue weighted by molar-refractivity contribution is 5.78. The number of hydrogen-bond donors (Lipinski definition) is 1. The molecule has 0 aromatic heterocycles. The molecule has 0 bridgehead atoms. The van der Waals surface area contributed by atoms with Gasteiger partial charge in [-0.2, -0.15) is 0 Å². The molecule has 2 nitrogen and oxygen atoms in total. The second-order valence-electron chi connectivity index (χ2n) is 7.12. The van der Waals surface area contributed by atoms with Gasteiger partial charge < -0.3 is 5.32 Å². The fourth-order valence-corrected chi connectivity index (χ4v) is 3.80. The van der Waals surface area contributed by atoms with Gasteiger partial charge in [-0.1, -0.05) is 46.0 Å². The Kier molecular flexibility index (Phi) is 5.72. The average molecular weight is 265 g/mol. The number of carbonyl (C=O) groups is 1. The van der Waals surface area contributed by atoms with Gasteiger partial charge in [-0.15, -0.1) is 0 Å². The molecule has 2 aliphatic rings. The lowest BCUT2D eigenvalue weighted by atomic mass is 9.76. The van der Waals surface area contributed by atoms with Crippen LogP contribution in [0, 0.1) is 17.8 Å². The molecule has 0 radical (unpaired) electrons. The van der Waals surface area contributed by atoms with E-state index in [1.807, 2.05) is 13.8 Å². The minimum Gasteiger partial charge on any atom is -0.353 e. The van der Waals surface area contributed by atoms with E-state index in [9.17, 15) is 4.79 Å². The second kappa shape index (κ2) is 7.31. The summed E-state index contributed by atoms with van der Waals surface area (Å²) in [5.74, 6) is 2.31. The van der Waals surface area contributed by atoms with Crippen LogP contribution in [0.25, 0.3) is 0 Å². The second-order valence-corrected chi connectivity index (χ2v) is 7.12. The molecular weight excluding hydrogens is 234 g/mol. The van der Waals surface area contributed by atoms with Crippen LogP contribution in [0.1, 0.15) is 78.1 Å². The van der Waals surface area contributed by atoms with Crippen LogP contribution in [0.3, 0.4) is 0 Å². The predicted octanol–water partition coefficient (Wildman–Crippen LogP) is 4.29. The summed E-state index contributed by atoms with van der Waals surface area (Å²) in [6, 6.07) is 0.456. The Hall–Kier alpha value is -0.530. The summed E-state index contributed by atoms with van der Waals surface area (Å²) in [6.45, 7) is 3.95. The maximum atomic E-state index is 11.7. The van der Waals surface area contributed by atoms with Gasteiger partial charge in [0.2, 0.25) is 5.91 Å². The van der Waals surface area contributed by atoms with Gasteiger partial charge in [0.05, 0.1) is 0 Å². The van der Waals surface area contributed by atoms with E-state index in [2.05, 4.69) is 5.32 Å². The normalized spacial score (nSPS) is 29.4. The van der Waals surface area contributed by atoms with Gasteiger partial charge in [0.1, 0.15) is 0 Å². The summed E-state index contributed by atoms with van der Waals surface area (Å²) >= 11 is 0. The maximum Gasteiger partial charge on any atom is 0.222 e.